The van der Waals surface area contributed by atoms with Gasteiger partial charge in [-0.3, -0.25) is 4.90 Å². The molecule has 0 bridgehead atoms. The lowest BCUT2D eigenvalue weighted by Gasteiger charge is -2.35. The number of para-hydroxylation sites is 1. The molecule has 4 rings (SSSR count). The van der Waals surface area contributed by atoms with E-state index in [0.717, 1.165) is 17.9 Å². The first-order chi connectivity index (χ1) is 10.8. The first-order valence-electron chi connectivity index (χ1n) is 7.63. The van der Waals surface area contributed by atoms with Crippen LogP contribution in [0.4, 0.5) is 5.69 Å². The van der Waals surface area contributed by atoms with E-state index in [4.69, 9.17) is 14.2 Å². The molecule has 2 heterocycles. The standard InChI is InChI=1S/C18H19NO3/c1-19-14-6-4-3-5-13(14)17(20-2)10-15(19)12-7-8-16-18(9-12)22-11-21-16/h3-9,15,17H,10-11H2,1-2H3/p+1. The Bertz CT molecular complexity index is 700. The van der Waals surface area contributed by atoms with Crippen LogP contribution in [0, 0.1) is 0 Å². The molecule has 4 nitrogen and oxygen atoms in total. The van der Waals surface area contributed by atoms with Gasteiger partial charge in [-0.15, -0.1) is 0 Å². The van der Waals surface area contributed by atoms with Gasteiger partial charge in [0, 0.05) is 24.7 Å². The molecule has 0 aromatic heterocycles. The third-order valence-electron chi connectivity index (χ3n) is 4.79. The van der Waals surface area contributed by atoms with Gasteiger partial charge >= 0.3 is 0 Å². The second-order valence-electron chi connectivity index (χ2n) is 5.90. The Morgan fingerprint density at radius 1 is 1.09 bits per heavy atom. The van der Waals surface area contributed by atoms with Crippen LogP contribution in [0.25, 0.3) is 0 Å². The monoisotopic (exact) mass is 298 g/mol. The zero-order valence-electron chi connectivity index (χ0n) is 12.8. The highest BCUT2D eigenvalue weighted by Gasteiger charge is 2.36. The van der Waals surface area contributed by atoms with Gasteiger partial charge in [0.05, 0.1) is 13.2 Å². The first kappa shape index (κ1) is 13.6. The van der Waals surface area contributed by atoms with E-state index >= 15 is 0 Å². The summed E-state index contributed by atoms with van der Waals surface area (Å²) in [6.07, 6.45) is 1.09. The largest absolute Gasteiger partial charge is 0.454 e. The highest BCUT2D eigenvalue weighted by molar-refractivity contribution is 5.47. The lowest BCUT2D eigenvalue weighted by atomic mass is 9.89. The number of benzene rings is 2. The predicted octanol–water partition coefficient (Wildman–Crippen LogP) is 2.39. The van der Waals surface area contributed by atoms with Gasteiger partial charge in [-0.25, -0.2) is 0 Å². The van der Waals surface area contributed by atoms with Gasteiger partial charge in [-0.05, 0) is 24.3 Å². The summed E-state index contributed by atoms with van der Waals surface area (Å²) in [6, 6.07) is 15.1. The highest BCUT2D eigenvalue weighted by atomic mass is 16.7. The molecule has 0 saturated heterocycles. The van der Waals surface area contributed by atoms with Crippen LogP contribution >= 0.6 is 0 Å². The molecule has 0 aliphatic carbocycles. The fourth-order valence-corrected chi connectivity index (χ4v) is 3.58. The molecule has 114 valence electrons. The molecular weight excluding hydrogens is 278 g/mol. The topological polar surface area (TPSA) is 32.1 Å². The third kappa shape index (κ3) is 2.07. The maximum Gasteiger partial charge on any atom is 0.231 e. The molecule has 3 atom stereocenters. The third-order valence-corrected chi connectivity index (χ3v) is 4.79. The van der Waals surface area contributed by atoms with Crippen molar-refractivity contribution in [2.45, 2.75) is 18.6 Å². The lowest BCUT2D eigenvalue weighted by molar-refractivity contribution is -0.850. The number of methoxy groups -OCH3 is 1. The van der Waals surface area contributed by atoms with Crippen molar-refractivity contribution in [2.75, 3.05) is 21.0 Å². The molecule has 2 aromatic rings. The zero-order valence-corrected chi connectivity index (χ0v) is 12.8. The van der Waals surface area contributed by atoms with E-state index in [1.54, 1.807) is 7.11 Å². The Kier molecular flexibility index (Phi) is 3.28. The molecule has 2 aromatic carbocycles. The smallest absolute Gasteiger partial charge is 0.231 e. The number of hydrogen-bond acceptors (Lipinski definition) is 3. The van der Waals surface area contributed by atoms with Gasteiger partial charge in [-0.2, -0.15) is 0 Å². The van der Waals surface area contributed by atoms with E-state index < -0.39 is 0 Å². The maximum absolute atomic E-state index is 5.74. The summed E-state index contributed by atoms with van der Waals surface area (Å²) in [7, 11) is 4.01. The normalized spacial score (nSPS) is 25.8. The fraction of sp³-hybridized carbons (Fsp3) is 0.333. The second kappa shape index (κ2) is 5.30. The average molecular weight is 298 g/mol. The van der Waals surface area contributed by atoms with Crippen LogP contribution in [0.3, 0.4) is 0 Å². The summed E-state index contributed by atoms with van der Waals surface area (Å²) in [5.74, 6) is 1.68. The highest BCUT2D eigenvalue weighted by Crippen LogP contribution is 2.39. The van der Waals surface area contributed by atoms with Crippen molar-refractivity contribution in [2.24, 2.45) is 0 Å². The van der Waals surface area contributed by atoms with Crippen LogP contribution in [0.15, 0.2) is 42.5 Å². The van der Waals surface area contributed by atoms with Crippen LogP contribution in [-0.2, 0) is 4.74 Å². The molecule has 0 amide bonds. The van der Waals surface area contributed by atoms with Crippen molar-refractivity contribution in [1.29, 1.82) is 0 Å². The number of quaternary nitrogens is 1. The number of hydrogen-bond donors (Lipinski definition) is 1. The molecule has 0 fully saturated rings. The molecule has 2 aliphatic rings. The first-order valence-corrected chi connectivity index (χ1v) is 7.63. The molecule has 0 saturated carbocycles. The van der Waals surface area contributed by atoms with Crippen LogP contribution in [-0.4, -0.2) is 21.0 Å². The van der Waals surface area contributed by atoms with E-state index in [-0.39, 0.29) is 6.10 Å². The van der Waals surface area contributed by atoms with Crippen LogP contribution < -0.4 is 14.4 Å². The van der Waals surface area contributed by atoms with Crippen molar-refractivity contribution >= 4 is 5.69 Å². The van der Waals surface area contributed by atoms with Crippen molar-refractivity contribution in [1.82, 2.24) is 0 Å². The molecule has 0 spiro atoms. The second-order valence-corrected chi connectivity index (χ2v) is 5.90. The Hall–Kier alpha value is -2.04. The quantitative estimate of drug-likeness (QED) is 0.924. The van der Waals surface area contributed by atoms with Gasteiger partial charge in [0.1, 0.15) is 11.7 Å². The van der Waals surface area contributed by atoms with E-state index in [1.165, 1.54) is 21.7 Å². The molecular formula is C18H20NO3+. The molecule has 0 radical (unpaired) electrons. The van der Waals surface area contributed by atoms with Gasteiger partial charge in [0.2, 0.25) is 6.79 Å². The number of nitrogens with one attached hydrogen (secondary N) is 1. The van der Waals surface area contributed by atoms with Crippen LogP contribution in [0.5, 0.6) is 11.5 Å². The molecule has 2 aliphatic heterocycles. The Balaban J connectivity index is 1.74. The van der Waals surface area contributed by atoms with E-state index in [2.05, 4.69) is 43.4 Å². The maximum atomic E-state index is 5.74. The van der Waals surface area contributed by atoms with E-state index in [9.17, 15) is 0 Å². The average Bonchev–Trinajstić information content (AvgIpc) is 3.03. The summed E-state index contributed by atoms with van der Waals surface area (Å²) in [5.41, 5.74) is 3.86. The molecule has 22 heavy (non-hydrogen) atoms. The molecule has 4 heteroatoms. The van der Waals surface area contributed by atoms with Gasteiger partial charge in [0.15, 0.2) is 11.5 Å². The van der Waals surface area contributed by atoms with Crippen molar-refractivity contribution in [3.8, 4) is 11.5 Å². The molecule has 1 N–H and O–H groups in total. The zero-order chi connectivity index (χ0) is 15.1. The summed E-state index contributed by atoms with van der Waals surface area (Å²) in [4.78, 5) is 1.39. The lowest BCUT2D eigenvalue weighted by Crippen LogP contribution is -3.05. The van der Waals surface area contributed by atoms with Gasteiger partial charge in [0.25, 0.3) is 0 Å². The van der Waals surface area contributed by atoms with Crippen LogP contribution in [0.2, 0.25) is 0 Å². The van der Waals surface area contributed by atoms with Crippen molar-refractivity contribution in [3.05, 3.63) is 53.6 Å². The van der Waals surface area contributed by atoms with E-state index in [1.807, 2.05) is 6.07 Å². The summed E-state index contributed by atoms with van der Waals surface area (Å²) in [6.45, 7) is 0.315. The predicted molar refractivity (Wildman–Crippen MR) is 82.7 cm³/mol. The van der Waals surface area contributed by atoms with Crippen molar-refractivity contribution in [3.63, 3.8) is 0 Å². The summed E-state index contributed by atoms with van der Waals surface area (Å²) in [5, 5.41) is 0. The SMILES string of the molecule is COC1CC(c2ccc3c(c2)OCO3)[NH+](C)c2ccccc21. The minimum atomic E-state index is 0.135. The van der Waals surface area contributed by atoms with Gasteiger partial charge in [-0.1, -0.05) is 18.2 Å². The van der Waals surface area contributed by atoms with Crippen molar-refractivity contribution < 1.29 is 19.1 Å². The molecule has 3 unspecified atom stereocenters. The van der Waals surface area contributed by atoms with E-state index in [0.29, 0.717) is 12.8 Å². The number of fused-ring (bicyclic) bond motifs is 2. The minimum absolute atomic E-state index is 0.135. The minimum Gasteiger partial charge on any atom is -0.454 e. The van der Waals surface area contributed by atoms with Crippen LogP contribution in [0.1, 0.15) is 29.7 Å². The summed E-state index contributed by atoms with van der Waals surface area (Å²) < 4.78 is 16.7. The Morgan fingerprint density at radius 3 is 2.77 bits per heavy atom. The summed E-state index contributed by atoms with van der Waals surface area (Å²) >= 11 is 0. The fourth-order valence-electron chi connectivity index (χ4n) is 3.58. The Labute approximate surface area is 130 Å². The number of ether oxygens (including phenoxy) is 3. The van der Waals surface area contributed by atoms with Gasteiger partial charge < -0.3 is 14.2 Å². The Morgan fingerprint density at radius 2 is 1.91 bits per heavy atom. The number of rotatable bonds is 2.